The molecule has 0 fully saturated rings. The van der Waals surface area contributed by atoms with Crippen LogP contribution < -0.4 is 14.8 Å². The average Bonchev–Trinajstić information content (AvgIpc) is 2.69. The molecule has 0 saturated carbocycles. The van der Waals surface area contributed by atoms with Gasteiger partial charge in [0.15, 0.2) is 17.5 Å². The lowest BCUT2D eigenvalue weighted by Gasteiger charge is -2.23. The molecule has 0 saturated heterocycles. The fraction of sp³-hybridized carbons (Fsp3) is 0.650. The third-order valence-corrected chi connectivity index (χ3v) is 4.30. The molecule has 1 rings (SSSR count). The van der Waals surface area contributed by atoms with Crippen molar-refractivity contribution in [2.75, 3.05) is 74.8 Å². The molecule has 0 aliphatic carbocycles. The average molecular weight is 381 g/mol. The third kappa shape index (κ3) is 8.49. The molecule has 7 nitrogen and oxygen atoms in total. The van der Waals surface area contributed by atoms with E-state index in [0.29, 0.717) is 0 Å². The SMILES string of the molecule is CCNC(=NCCN(C)CCOC)N(C)CCc1ccc(OC)c(OC)c1. The predicted molar refractivity (Wildman–Crippen MR) is 111 cm³/mol. The molecule has 0 bridgehead atoms. The van der Waals surface area contributed by atoms with Gasteiger partial charge in [-0.1, -0.05) is 6.07 Å². The van der Waals surface area contributed by atoms with Crippen molar-refractivity contribution in [3.8, 4) is 11.5 Å². The van der Waals surface area contributed by atoms with Gasteiger partial charge in [0, 0.05) is 40.3 Å². The largest absolute Gasteiger partial charge is 0.493 e. The summed E-state index contributed by atoms with van der Waals surface area (Å²) in [5.74, 6) is 2.44. The Morgan fingerprint density at radius 2 is 1.78 bits per heavy atom. The van der Waals surface area contributed by atoms with Crippen LogP contribution in [0.2, 0.25) is 0 Å². The number of guanidine groups is 1. The first-order valence-corrected chi connectivity index (χ1v) is 9.43. The van der Waals surface area contributed by atoms with Crippen LogP contribution in [0.15, 0.2) is 23.2 Å². The van der Waals surface area contributed by atoms with Crippen LogP contribution in [0.25, 0.3) is 0 Å². The number of likely N-dealkylation sites (N-methyl/N-ethyl adjacent to an activating group) is 2. The predicted octanol–water partition coefficient (Wildman–Crippen LogP) is 1.72. The van der Waals surface area contributed by atoms with E-state index in [1.807, 2.05) is 12.1 Å². The zero-order chi connectivity index (χ0) is 20.1. The second-order valence-electron chi connectivity index (χ2n) is 6.39. The Kier molecular flexibility index (Phi) is 11.3. The summed E-state index contributed by atoms with van der Waals surface area (Å²) in [6.45, 7) is 7.11. The molecule has 1 aromatic carbocycles. The second kappa shape index (κ2) is 13.2. The maximum absolute atomic E-state index is 5.38. The zero-order valence-electron chi connectivity index (χ0n) is 17.7. The van der Waals surface area contributed by atoms with Crippen molar-refractivity contribution < 1.29 is 14.2 Å². The van der Waals surface area contributed by atoms with Gasteiger partial charge in [-0.2, -0.15) is 0 Å². The Labute approximate surface area is 164 Å². The van der Waals surface area contributed by atoms with Crippen molar-refractivity contribution in [3.05, 3.63) is 23.8 Å². The van der Waals surface area contributed by atoms with Crippen LogP contribution >= 0.6 is 0 Å². The van der Waals surface area contributed by atoms with Gasteiger partial charge in [0.25, 0.3) is 0 Å². The van der Waals surface area contributed by atoms with Gasteiger partial charge in [-0.25, -0.2) is 0 Å². The van der Waals surface area contributed by atoms with Gasteiger partial charge in [0.2, 0.25) is 0 Å². The fourth-order valence-electron chi connectivity index (χ4n) is 2.59. The van der Waals surface area contributed by atoms with E-state index in [2.05, 4.69) is 42.2 Å². The van der Waals surface area contributed by atoms with Crippen molar-refractivity contribution in [2.45, 2.75) is 13.3 Å². The molecule has 1 aromatic rings. The molecule has 0 amide bonds. The van der Waals surface area contributed by atoms with E-state index < -0.39 is 0 Å². The second-order valence-corrected chi connectivity index (χ2v) is 6.39. The highest BCUT2D eigenvalue weighted by atomic mass is 16.5. The lowest BCUT2D eigenvalue weighted by atomic mass is 10.1. The Hall–Kier alpha value is -1.99. The first-order chi connectivity index (χ1) is 13.0. The first-order valence-electron chi connectivity index (χ1n) is 9.43. The van der Waals surface area contributed by atoms with E-state index >= 15 is 0 Å². The third-order valence-electron chi connectivity index (χ3n) is 4.30. The van der Waals surface area contributed by atoms with Gasteiger partial charge < -0.3 is 29.3 Å². The summed E-state index contributed by atoms with van der Waals surface area (Å²) < 4.78 is 15.8. The summed E-state index contributed by atoms with van der Waals surface area (Å²) in [5, 5.41) is 3.36. The molecule has 0 heterocycles. The van der Waals surface area contributed by atoms with Gasteiger partial charge in [0.05, 0.1) is 27.4 Å². The summed E-state index contributed by atoms with van der Waals surface area (Å²) >= 11 is 0. The number of ether oxygens (including phenoxy) is 3. The number of benzene rings is 1. The first kappa shape index (κ1) is 23.0. The van der Waals surface area contributed by atoms with Crippen molar-refractivity contribution in [2.24, 2.45) is 4.99 Å². The standard InChI is InChI=1S/C20H36N4O3/c1-7-21-20(22-11-13-23(2)14-15-25-4)24(3)12-10-17-8-9-18(26-5)19(16-17)27-6/h8-9,16H,7,10-15H2,1-6H3,(H,21,22). The van der Waals surface area contributed by atoms with E-state index in [1.54, 1.807) is 21.3 Å². The number of methoxy groups -OCH3 is 3. The quantitative estimate of drug-likeness (QED) is 0.440. The van der Waals surface area contributed by atoms with Gasteiger partial charge in [0.1, 0.15) is 0 Å². The number of hydrogen-bond donors (Lipinski definition) is 1. The van der Waals surface area contributed by atoms with Gasteiger partial charge in [-0.3, -0.25) is 4.99 Å². The molecule has 0 atom stereocenters. The molecule has 0 aromatic heterocycles. The molecule has 0 unspecified atom stereocenters. The zero-order valence-corrected chi connectivity index (χ0v) is 17.7. The van der Waals surface area contributed by atoms with Crippen LogP contribution in [-0.4, -0.2) is 90.5 Å². The highest BCUT2D eigenvalue weighted by Gasteiger charge is 2.08. The maximum Gasteiger partial charge on any atom is 0.193 e. The highest BCUT2D eigenvalue weighted by Crippen LogP contribution is 2.27. The van der Waals surface area contributed by atoms with Crippen LogP contribution in [0.3, 0.4) is 0 Å². The summed E-state index contributed by atoms with van der Waals surface area (Å²) in [6, 6.07) is 6.05. The van der Waals surface area contributed by atoms with Crippen molar-refractivity contribution >= 4 is 5.96 Å². The molecule has 27 heavy (non-hydrogen) atoms. The Balaban J connectivity index is 2.59. The molecule has 7 heteroatoms. The van der Waals surface area contributed by atoms with E-state index in [9.17, 15) is 0 Å². The van der Waals surface area contributed by atoms with E-state index in [1.165, 1.54) is 5.56 Å². The normalized spacial score (nSPS) is 11.6. The molecule has 0 spiro atoms. The van der Waals surface area contributed by atoms with Gasteiger partial charge in [-0.05, 0) is 38.1 Å². The number of nitrogens with one attached hydrogen (secondary N) is 1. The maximum atomic E-state index is 5.38. The molecule has 0 aliphatic heterocycles. The highest BCUT2D eigenvalue weighted by molar-refractivity contribution is 5.79. The topological polar surface area (TPSA) is 58.6 Å². The molecule has 154 valence electrons. The Morgan fingerprint density at radius 3 is 2.41 bits per heavy atom. The summed E-state index contributed by atoms with van der Waals surface area (Å²) in [4.78, 5) is 9.12. The van der Waals surface area contributed by atoms with Crippen molar-refractivity contribution in [3.63, 3.8) is 0 Å². The lowest BCUT2D eigenvalue weighted by Crippen LogP contribution is -2.40. The molecular formula is C20H36N4O3. The van der Waals surface area contributed by atoms with Crippen LogP contribution in [0.1, 0.15) is 12.5 Å². The van der Waals surface area contributed by atoms with E-state index in [4.69, 9.17) is 19.2 Å². The molecule has 0 aliphatic rings. The van der Waals surface area contributed by atoms with Gasteiger partial charge in [-0.15, -0.1) is 0 Å². The Bertz CT molecular complexity index is 566. The minimum atomic E-state index is 0.742. The number of aliphatic imine (C=N–C) groups is 1. The van der Waals surface area contributed by atoms with Crippen LogP contribution in [0.4, 0.5) is 0 Å². The lowest BCUT2D eigenvalue weighted by molar-refractivity contribution is 0.163. The van der Waals surface area contributed by atoms with E-state index in [0.717, 1.165) is 63.2 Å². The van der Waals surface area contributed by atoms with Crippen LogP contribution in [0.5, 0.6) is 11.5 Å². The summed E-state index contributed by atoms with van der Waals surface area (Å²) in [7, 11) is 9.19. The van der Waals surface area contributed by atoms with Crippen molar-refractivity contribution in [1.82, 2.24) is 15.1 Å². The minimum Gasteiger partial charge on any atom is -0.493 e. The van der Waals surface area contributed by atoms with Crippen LogP contribution in [-0.2, 0) is 11.2 Å². The summed E-state index contributed by atoms with van der Waals surface area (Å²) in [6.07, 6.45) is 0.898. The number of rotatable bonds is 12. The molecule has 1 N–H and O–H groups in total. The molecule has 0 radical (unpaired) electrons. The minimum absolute atomic E-state index is 0.742. The smallest absolute Gasteiger partial charge is 0.193 e. The van der Waals surface area contributed by atoms with Crippen LogP contribution in [0, 0.1) is 0 Å². The van der Waals surface area contributed by atoms with E-state index in [-0.39, 0.29) is 0 Å². The van der Waals surface area contributed by atoms with Crippen molar-refractivity contribution in [1.29, 1.82) is 0 Å². The fourth-order valence-corrected chi connectivity index (χ4v) is 2.59. The number of nitrogens with zero attached hydrogens (tertiary/aromatic N) is 3. The Morgan fingerprint density at radius 1 is 1.04 bits per heavy atom. The summed E-state index contributed by atoms with van der Waals surface area (Å²) in [5.41, 5.74) is 1.20. The van der Waals surface area contributed by atoms with Gasteiger partial charge >= 0.3 is 0 Å². The number of hydrogen-bond acceptors (Lipinski definition) is 5. The molecular weight excluding hydrogens is 344 g/mol. The monoisotopic (exact) mass is 380 g/mol.